The number of hydrogen-bond acceptors (Lipinski definition) is 5. The number of carboxylic acid groups (broad SMARTS) is 1. The summed E-state index contributed by atoms with van der Waals surface area (Å²) in [5, 5.41) is 11.2. The molecule has 5 N–H and O–H groups in total. The van der Waals surface area contributed by atoms with Crippen LogP contribution in [0.25, 0.3) is 0 Å². The van der Waals surface area contributed by atoms with Crippen LogP contribution in [0.1, 0.15) is 6.42 Å². The quantitative estimate of drug-likeness (QED) is 0.447. The smallest absolute Gasteiger partial charge is 0.328 e. The molecule has 1 aromatic heterocycles. The zero-order valence-electron chi connectivity index (χ0n) is 9.96. The van der Waals surface area contributed by atoms with E-state index < -0.39 is 29.2 Å². The molecule has 1 heterocycles. The molecule has 19 heavy (non-hydrogen) atoms. The molecule has 0 fully saturated rings. The number of aliphatic carboxylic acids is 1. The van der Waals surface area contributed by atoms with Gasteiger partial charge in [0.2, 0.25) is 5.91 Å². The van der Waals surface area contributed by atoms with Crippen LogP contribution < -0.4 is 22.3 Å². The number of nitrogens with zero attached hydrogens (tertiary/aromatic N) is 1. The molecular weight excluding hydrogens is 256 g/mol. The van der Waals surface area contributed by atoms with E-state index in [0.29, 0.717) is 0 Å². The van der Waals surface area contributed by atoms with Gasteiger partial charge < -0.3 is 16.2 Å². The van der Waals surface area contributed by atoms with E-state index in [9.17, 15) is 19.2 Å². The summed E-state index contributed by atoms with van der Waals surface area (Å²) < 4.78 is 0.989. The second-order valence-corrected chi connectivity index (χ2v) is 3.76. The Morgan fingerprint density at radius 2 is 2.16 bits per heavy atom. The Labute approximate surface area is 107 Å². The van der Waals surface area contributed by atoms with Crippen LogP contribution >= 0.6 is 0 Å². The fourth-order valence-corrected chi connectivity index (χ4v) is 1.37. The summed E-state index contributed by atoms with van der Waals surface area (Å²) in [6.07, 6.45) is 1.15. The van der Waals surface area contributed by atoms with E-state index in [2.05, 4.69) is 5.32 Å². The summed E-state index contributed by atoms with van der Waals surface area (Å²) in [5.41, 5.74) is 3.84. The molecule has 0 aromatic carbocycles. The fourth-order valence-electron chi connectivity index (χ4n) is 1.37. The first-order chi connectivity index (χ1) is 8.93. The Hall–Kier alpha value is -2.42. The first kappa shape index (κ1) is 14.6. The predicted octanol–water partition coefficient (Wildman–Crippen LogP) is -2.55. The van der Waals surface area contributed by atoms with Crippen molar-refractivity contribution in [1.82, 2.24) is 14.9 Å². The van der Waals surface area contributed by atoms with Crippen molar-refractivity contribution in [2.75, 3.05) is 6.54 Å². The lowest BCUT2D eigenvalue weighted by Gasteiger charge is -2.15. The number of hydrogen-bond donors (Lipinski definition) is 4. The van der Waals surface area contributed by atoms with Gasteiger partial charge in [-0.25, -0.2) is 9.59 Å². The number of carbonyl (C=O) groups is 2. The van der Waals surface area contributed by atoms with Gasteiger partial charge in [0.05, 0.1) is 6.54 Å². The van der Waals surface area contributed by atoms with Crippen molar-refractivity contribution in [2.24, 2.45) is 5.73 Å². The molecule has 0 bridgehead atoms. The second kappa shape index (κ2) is 6.50. The minimum absolute atomic E-state index is 0.00962. The molecule has 1 aromatic rings. The maximum atomic E-state index is 11.4. The molecule has 0 aliphatic rings. The van der Waals surface area contributed by atoms with Gasteiger partial charge in [-0.15, -0.1) is 0 Å². The van der Waals surface area contributed by atoms with E-state index >= 15 is 0 Å². The van der Waals surface area contributed by atoms with Crippen LogP contribution in [0, 0.1) is 0 Å². The van der Waals surface area contributed by atoms with E-state index in [1.54, 1.807) is 0 Å². The highest BCUT2D eigenvalue weighted by Crippen LogP contribution is 1.91. The molecule has 104 valence electrons. The number of rotatable bonds is 6. The Morgan fingerprint density at radius 1 is 1.47 bits per heavy atom. The van der Waals surface area contributed by atoms with E-state index in [1.165, 1.54) is 0 Å². The fraction of sp³-hybridized carbons (Fsp3) is 0.400. The molecule has 0 unspecified atom stereocenters. The summed E-state index contributed by atoms with van der Waals surface area (Å²) in [7, 11) is 0. The summed E-state index contributed by atoms with van der Waals surface area (Å²) in [6.45, 7) is -0.196. The predicted molar refractivity (Wildman–Crippen MR) is 64.6 cm³/mol. The monoisotopic (exact) mass is 270 g/mol. The van der Waals surface area contributed by atoms with E-state index in [-0.39, 0.29) is 19.5 Å². The minimum Gasteiger partial charge on any atom is -0.480 e. The summed E-state index contributed by atoms with van der Waals surface area (Å²) in [4.78, 5) is 46.5. The number of aromatic amines is 1. The maximum absolute atomic E-state index is 11.4. The van der Waals surface area contributed by atoms with Crippen molar-refractivity contribution in [2.45, 2.75) is 19.0 Å². The Balaban J connectivity index is 2.84. The standard InChI is InChI=1S/C10H14N4O5/c11-3-1-7(15)12-6(9(17)18)5-14-4-2-8(16)13-10(14)19/h2,4,6H,1,3,5,11H2,(H,12,15)(H,17,18)(H,13,16,19)/t6-/m0/s1. The topological polar surface area (TPSA) is 147 Å². The molecule has 9 nitrogen and oxygen atoms in total. The summed E-state index contributed by atoms with van der Waals surface area (Å²) in [5.74, 6) is -1.81. The number of carboxylic acids is 1. The highest BCUT2D eigenvalue weighted by Gasteiger charge is 2.20. The van der Waals surface area contributed by atoms with Gasteiger partial charge in [-0.2, -0.15) is 0 Å². The van der Waals surface area contributed by atoms with Crippen LogP contribution in [0.3, 0.4) is 0 Å². The van der Waals surface area contributed by atoms with E-state index in [1.807, 2.05) is 4.98 Å². The van der Waals surface area contributed by atoms with Crippen LogP contribution in [0.15, 0.2) is 21.9 Å². The van der Waals surface area contributed by atoms with Crippen molar-refractivity contribution in [3.05, 3.63) is 33.1 Å². The van der Waals surface area contributed by atoms with Crippen LogP contribution in [0.5, 0.6) is 0 Å². The van der Waals surface area contributed by atoms with Crippen molar-refractivity contribution in [1.29, 1.82) is 0 Å². The van der Waals surface area contributed by atoms with Gasteiger partial charge in [0.25, 0.3) is 5.56 Å². The summed E-state index contributed by atoms with van der Waals surface area (Å²) >= 11 is 0. The van der Waals surface area contributed by atoms with Crippen LogP contribution in [0.2, 0.25) is 0 Å². The van der Waals surface area contributed by atoms with Gasteiger partial charge in [0, 0.05) is 25.2 Å². The number of nitrogens with one attached hydrogen (secondary N) is 2. The molecule has 1 atom stereocenters. The van der Waals surface area contributed by atoms with Gasteiger partial charge in [-0.05, 0) is 0 Å². The van der Waals surface area contributed by atoms with E-state index in [4.69, 9.17) is 10.8 Å². The Kier molecular flexibility index (Phi) is 5.01. The highest BCUT2D eigenvalue weighted by molar-refractivity contribution is 5.83. The van der Waals surface area contributed by atoms with Crippen LogP contribution in [-0.2, 0) is 16.1 Å². The van der Waals surface area contributed by atoms with Crippen molar-refractivity contribution in [3.63, 3.8) is 0 Å². The lowest BCUT2D eigenvalue weighted by molar-refractivity contribution is -0.142. The number of amides is 1. The molecular formula is C10H14N4O5. The van der Waals surface area contributed by atoms with Crippen LogP contribution in [-0.4, -0.2) is 39.1 Å². The highest BCUT2D eigenvalue weighted by atomic mass is 16.4. The molecule has 0 spiro atoms. The third-order valence-electron chi connectivity index (χ3n) is 2.28. The molecule has 0 radical (unpaired) electrons. The van der Waals surface area contributed by atoms with Gasteiger partial charge in [0.1, 0.15) is 6.04 Å². The SMILES string of the molecule is NCCC(=O)N[C@@H](Cn1ccc(=O)[nH]c1=O)C(=O)O. The average Bonchev–Trinajstić information content (AvgIpc) is 2.31. The number of carbonyl (C=O) groups excluding carboxylic acids is 1. The molecule has 0 saturated carbocycles. The zero-order valence-corrected chi connectivity index (χ0v) is 9.96. The molecule has 0 aliphatic heterocycles. The van der Waals surface area contributed by atoms with Gasteiger partial charge in [0.15, 0.2) is 0 Å². The largest absolute Gasteiger partial charge is 0.480 e. The van der Waals surface area contributed by atoms with Crippen molar-refractivity contribution in [3.8, 4) is 0 Å². The molecule has 0 saturated heterocycles. The Morgan fingerprint density at radius 3 is 2.68 bits per heavy atom. The van der Waals surface area contributed by atoms with Crippen LogP contribution in [0.4, 0.5) is 0 Å². The number of nitrogens with two attached hydrogens (primary N) is 1. The first-order valence-electron chi connectivity index (χ1n) is 5.46. The van der Waals surface area contributed by atoms with Crippen molar-refractivity contribution < 1.29 is 14.7 Å². The lowest BCUT2D eigenvalue weighted by atomic mass is 10.2. The molecule has 1 amide bonds. The van der Waals surface area contributed by atoms with Gasteiger partial charge >= 0.3 is 11.7 Å². The Bertz CT molecular complexity index is 576. The zero-order chi connectivity index (χ0) is 14.4. The third kappa shape index (κ3) is 4.39. The van der Waals surface area contributed by atoms with Crippen molar-refractivity contribution >= 4 is 11.9 Å². The third-order valence-corrected chi connectivity index (χ3v) is 2.28. The average molecular weight is 270 g/mol. The van der Waals surface area contributed by atoms with Gasteiger partial charge in [-0.3, -0.25) is 19.1 Å². The molecule has 1 rings (SSSR count). The molecule has 0 aliphatic carbocycles. The normalized spacial score (nSPS) is 11.8. The molecule has 9 heteroatoms. The van der Waals surface area contributed by atoms with E-state index in [0.717, 1.165) is 16.8 Å². The number of H-pyrrole nitrogens is 1. The minimum atomic E-state index is -1.29. The second-order valence-electron chi connectivity index (χ2n) is 3.76. The maximum Gasteiger partial charge on any atom is 0.328 e. The summed E-state index contributed by atoms with van der Waals surface area (Å²) in [6, 6.07) is -0.190. The van der Waals surface area contributed by atoms with Gasteiger partial charge in [-0.1, -0.05) is 0 Å². The number of aromatic nitrogens is 2. The lowest BCUT2D eigenvalue weighted by Crippen LogP contribution is -2.46. The first-order valence-corrected chi connectivity index (χ1v) is 5.46.